The summed E-state index contributed by atoms with van der Waals surface area (Å²) in [6, 6.07) is 59.4. The molecular weight excluding hydrogens is 1660 g/mol. The number of rotatable bonds is 0. The molecule has 114 heavy (non-hydrogen) atoms. The Kier molecular flexibility index (Phi) is 28.8. The van der Waals surface area contributed by atoms with Crippen molar-refractivity contribution in [2.75, 3.05) is 106 Å². The molecule has 0 amide bonds. The molecule has 0 spiro atoms. The Labute approximate surface area is 635 Å². The predicted molar refractivity (Wildman–Crippen MR) is 383 cm³/mol. The first-order chi connectivity index (χ1) is 52.4. The molecule has 22 heterocycles. The third-order valence-electron chi connectivity index (χ3n) is 14.8. The average Bonchev–Trinajstić information content (AvgIpc) is 0.797. The van der Waals surface area contributed by atoms with E-state index in [1.165, 1.54) is 44.5 Å². The molecule has 0 saturated carbocycles. The quantitative estimate of drug-likeness (QED) is 0.0630. The Balaban J connectivity index is 0.000000237. The maximum atomic E-state index is 9.87. The van der Waals surface area contributed by atoms with E-state index in [9.17, 15) is 101 Å². The SMILES string of the molecule is F[P-](F)(F)(F)(F)F.F[P-](F)(F)(F)(F)F.F[P-](F)(F)(F)(F)F.F[P-](F)(F)(F)(F)F.c1cc2c3cccc(c3c1)OCCOCCOCCOCCOc1ccc3cc(ccc3c1)OCCOCCOCCOCCO2.c1cc2ccc1C[n+]1ccc(cc1)-c1cc[n+](cc1)Cc1ccc(cc1)C[n+]1ccc(cc1)-c1cc[n+](cc1)C2. The summed E-state index contributed by atoms with van der Waals surface area (Å²) >= 11 is 0. The molecule has 0 unspecified atom stereocenters. The van der Waals surface area contributed by atoms with Crippen molar-refractivity contribution in [3.05, 3.63) is 242 Å². The van der Waals surface area contributed by atoms with Crippen LogP contribution in [0.15, 0.2) is 219 Å². The van der Waals surface area contributed by atoms with E-state index in [2.05, 4.69) is 165 Å². The molecule has 0 radical (unpaired) electrons. The van der Waals surface area contributed by atoms with Crippen molar-refractivity contribution < 1.29 is 166 Å². The zero-order valence-corrected chi connectivity index (χ0v) is 63.2. The molecule has 28 rings (SSSR count). The second-order valence-corrected chi connectivity index (χ2v) is 32.5. The third kappa shape index (κ3) is 46.1. The van der Waals surface area contributed by atoms with Gasteiger partial charge < -0.3 is 47.4 Å². The van der Waals surface area contributed by atoms with Crippen LogP contribution < -0.4 is 37.2 Å². The second-order valence-electron chi connectivity index (χ2n) is 24.8. The van der Waals surface area contributed by atoms with Gasteiger partial charge in [0.2, 0.25) is 0 Å². The van der Waals surface area contributed by atoms with Gasteiger partial charge in [0.1, 0.15) is 49.4 Å². The molecule has 0 atom stereocenters. The van der Waals surface area contributed by atoms with Crippen molar-refractivity contribution in [1.29, 1.82) is 0 Å². The number of ether oxygens (including phenoxy) is 10. The Morgan fingerprint density at radius 1 is 0.211 bits per heavy atom. The van der Waals surface area contributed by atoms with E-state index in [-0.39, 0.29) is 0 Å². The first kappa shape index (κ1) is 92.6. The Morgan fingerprint density at radius 2 is 0.404 bits per heavy atom. The van der Waals surface area contributed by atoms with Gasteiger partial charge in [0.15, 0.2) is 75.8 Å². The summed E-state index contributed by atoms with van der Waals surface area (Å²) in [5.74, 6) is 3.17. The topological polar surface area (TPSA) is 108 Å². The Bertz CT molecular complexity index is 4190. The molecule has 0 N–H and O–H groups in total. The smallest absolute Gasteiger partial charge is 0.173 e. The molecule has 14 nitrogen and oxygen atoms in total. The number of aromatic nitrogens is 4. The summed E-state index contributed by atoms with van der Waals surface area (Å²) < 4.78 is 303. The summed E-state index contributed by atoms with van der Waals surface area (Å²) in [4.78, 5) is 0. The van der Waals surface area contributed by atoms with Crippen LogP contribution in [0.3, 0.4) is 0 Å². The van der Waals surface area contributed by atoms with E-state index in [0.717, 1.165) is 70.7 Å². The minimum atomic E-state index is -10.7. The molecule has 6 aromatic carbocycles. The molecular formula is C72H76F24N4O10P4. The van der Waals surface area contributed by atoms with Gasteiger partial charge in [0, 0.05) is 81.6 Å². The van der Waals surface area contributed by atoms with Crippen LogP contribution in [-0.4, -0.2) is 106 Å². The largest absolute Gasteiger partial charge is 0.491 e. The maximum Gasteiger partial charge on any atom is 0.173 e. The van der Waals surface area contributed by atoms with Gasteiger partial charge in [-0.2, -0.15) is 0 Å². The average molecular weight is 1740 g/mol. The van der Waals surface area contributed by atoms with E-state index in [1.807, 2.05) is 72.8 Å². The minimum Gasteiger partial charge on any atom is -0.491 e. The van der Waals surface area contributed by atoms with E-state index in [0.29, 0.717) is 106 Å². The number of benzene rings is 6. The van der Waals surface area contributed by atoms with Gasteiger partial charge in [-0.25, -0.2) is 18.3 Å². The van der Waals surface area contributed by atoms with Crippen LogP contribution in [0.4, 0.5) is 101 Å². The van der Waals surface area contributed by atoms with Crippen LogP contribution in [0, 0.1) is 0 Å². The van der Waals surface area contributed by atoms with E-state index in [4.69, 9.17) is 47.4 Å². The molecule has 4 aromatic heterocycles. The monoisotopic (exact) mass is 1740 g/mol. The summed E-state index contributed by atoms with van der Waals surface area (Å²) in [6.45, 7) is 11.0. The molecule has 0 saturated heterocycles. The first-order valence-electron chi connectivity index (χ1n) is 33.8. The number of nitrogens with zero attached hydrogens (tertiary/aromatic N) is 4. The molecule has 18 aliphatic rings. The third-order valence-corrected chi connectivity index (χ3v) is 14.8. The summed E-state index contributed by atoms with van der Waals surface area (Å²) in [7, 11) is -42.6. The van der Waals surface area contributed by atoms with Gasteiger partial charge in [-0.3, -0.25) is 0 Å². The standard InChI is InChI=1S/C36H32N4.C36H44O10.4F6P/c1-2-30-4-3-29(1)25-37-17-9-33(10-18-37)35-13-21-39(22-14-35)27-31-5-7-32(8-6-31)28-40-23-15-36(16-24-40)34-11-19-38(26-30)20-12-34;1-3-33-34-4-2-6-36(33)46-26-22-42-18-14-38-12-16-40-20-24-44-32-10-8-29-27-31(9-7-30(29)28-32)43-23-19-39-15-11-37-13-17-41-21-25-45-35(34)5-1;4*1-7(2,3,4,5)6/h1-24H,25-28H2;1-10,27-28H,11-26H2;;;;/q+4;;4*-1. The van der Waals surface area contributed by atoms with Crippen LogP contribution in [0.2, 0.25) is 0 Å². The normalized spacial score (nSPS) is 17.4. The van der Waals surface area contributed by atoms with Gasteiger partial charge in [-0.15, -0.1) is 0 Å². The predicted octanol–water partition coefficient (Wildman–Crippen LogP) is 23.5. The summed E-state index contributed by atoms with van der Waals surface area (Å²) in [5.41, 5.74) is 10.1. The fourth-order valence-electron chi connectivity index (χ4n) is 10.2. The van der Waals surface area contributed by atoms with E-state index < -0.39 is 31.2 Å². The maximum absolute atomic E-state index is 10.7. The Morgan fingerprint density at radius 3 is 0.614 bits per heavy atom. The molecule has 632 valence electrons. The number of pyridine rings is 4. The van der Waals surface area contributed by atoms with E-state index in [1.54, 1.807) is 0 Å². The number of hydrogen-bond donors (Lipinski definition) is 0. The summed E-state index contributed by atoms with van der Waals surface area (Å²) in [5, 5.41) is 4.13. The zero-order chi connectivity index (χ0) is 83.8. The van der Waals surface area contributed by atoms with Crippen molar-refractivity contribution >= 4 is 52.8 Å². The number of fused-ring (bicyclic) bond motifs is 26. The van der Waals surface area contributed by atoms with Crippen LogP contribution in [0.1, 0.15) is 22.3 Å². The number of halogens is 24. The molecule has 20 bridgehead atoms. The minimum absolute atomic E-state index is 0.433. The molecule has 10 aromatic rings. The second kappa shape index (κ2) is 35.5. The van der Waals surface area contributed by atoms with Gasteiger partial charge in [0.05, 0.1) is 79.3 Å². The Hall–Kier alpha value is -8.56. The molecule has 0 fully saturated rings. The van der Waals surface area contributed by atoms with Crippen LogP contribution >= 0.6 is 31.2 Å². The van der Waals surface area contributed by atoms with Crippen LogP contribution in [-0.2, 0) is 54.6 Å². The molecule has 18 aliphatic heterocycles. The van der Waals surface area contributed by atoms with Crippen LogP contribution in [0.5, 0.6) is 23.0 Å². The summed E-state index contributed by atoms with van der Waals surface area (Å²) in [6.07, 6.45) is 17.4. The van der Waals surface area contributed by atoms with Gasteiger partial charge in [0.25, 0.3) is 0 Å². The molecule has 42 heteroatoms. The van der Waals surface area contributed by atoms with E-state index >= 15 is 0 Å². The molecule has 0 aliphatic carbocycles. The van der Waals surface area contributed by atoms with Crippen molar-refractivity contribution in [3.8, 4) is 45.3 Å². The van der Waals surface area contributed by atoms with Crippen molar-refractivity contribution in [2.24, 2.45) is 0 Å². The van der Waals surface area contributed by atoms with Gasteiger partial charge in [-0.1, -0.05) is 84.9 Å². The first-order valence-corrected chi connectivity index (χ1v) is 41.9. The zero-order valence-electron chi connectivity index (χ0n) is 59.7. The fraction of sp³-hybridized carbons (Fsp3) is 0.278. The van der Waals surface area contributed by atoms with Gasteiger partial charge in [-0.05, 0) is 69.4 Å². The van der Waals surface area contributed by atoms with Gasteiger partial charge >= 0.3 is 132 Å². The fourth-order valence-corrected chi connectivity index (χ4v) is 10.2. The van der Waals surface area contributed by atoms with Crippen molar-refractivity contribution in [3.63, 3.8) is 0 Å². The van der Waals surface area contributed by atoms with Crippen LogP contribution in [0.25, 0.3) is 43.8 Å². The van der Waals surface area contributed by atoms with Crippen molar-refractivity contribution in [2.45, 2.75) is 26.2 Å². The number of hydrogen-bond acceptors (Lipinski definition) is 10. The van der Waals surface area contributed by atoms with Crippen molar-refractivity contribution in [1.82, 2.24) is 0 Å².